The summed E-state index contributed by atoms with van der Waals surface area (Å²) in [7, 11) is 0. The van der Waals surface area contributed by atoms with Crippen LogP contribution in [0.4, 0.5) is 4.39 Å². The van der Waals surface area contributed by atoms with Gasteiger partial charge in [0.15, 0.2) is 5.76 Å². The third kappa shape index (κ3) is 4.69. The van der Waals surface area contributed by atoms with E-state index in [0.29, 0.717) is 23.9 Å². The molecule has 1 amide bonds. The van der Waals surface area contributed by atoms with Gasteiger partial charge in [-0.2, -0.15) is 0 Å². The van der Waals surface area contributed by atoms with Crippen molar-refractivity contribution in [1.82, 2.24) is 15.5 Å². The highest BCUT2D eigenvalue weighted by atomic mass is 32.2. The summed E-state index contributed by atoms with van der Waals surface area (Å²) in [5.74, 6) is 0.350. The molecule has 0 bridgehead atoms. The van der Waals surface area contributed by atoms with Crippen LogP contribution >= 0.6 is 11.8 Å². The zero-order valence-corrected chi connectivity index (χ0v) is 14.3. The van der Waals surface area contributed by atoms with Gasteiger partial charge in [0.05, 0.1) is 11.5 Å². The second kappa shape index (κ2) is 7.98. The average Bonchev–Trinajstić information content (AvgIpc) is 3.27. The largest absolute Gasteiger partial charge is 0.459 e. The molecule has 0 aliphatic carbocycles. The van der Waals surface area contributed by atoms with Gasteiger partial charge in [-0.15, -0.1) is 10.2 Å². The number of rotatable bonds is 7. The van der Waals surface area contributed by atoms with E-state index >= 15 is 0 Å². The predicted molar refractivity (Wildman–Crippen MR) is 90.4 cm³/mol. The molecule has 1 aromatic carbocycles. The van der Waals surface area contributed by atoms with Gasteiger partial charge in [-0.3, -0.25) is 4.79 Å². The first-order valence-corrected chi connectivity index (χ1v) is 8.56. The van der Waals surface area contributed by atoms with Gasteiger partial charge in [-0.25, -0.2) is 4.39 Å². The van der Waals surface area contributed by atoms with Gasteiger partial charge in [0, 0.05) is 6.54 Å². The van der Waals surface area contributed by atoms with Crippen LogP contribution in [-0.4, -0.2) is 27.9 Å². The molecule has 0 unspecified atom stereocenters. The highest BCUT2D eigenvalue weighted by Crippen LogP contribution is 2.26. The van der Waals surface area contributed by atoms with E-state index in [2.05, 4.69) is 15.5 Å². The lowest BCUT2D eigenvalue weighted by Crippen LogP contribution is -2.32. The number of hydrogen-bond acceptors (Lipinski definition) is 6. The quantitative estimate of drug-likeness (QED) is 0.650. The summed E-state index contributed by atoms with van der Waals surface area (Å²) in [6, 6.07) is 9.66. The molecule has 130 valence electrons. The van der Waals surface area contributed by atoms with Crippen LogP contribution < -0.4 is 5.32 Å². The Labute approximate surface area is 147 Å². The van der Waals surface area contributed by atoms with Gasteiger partial charge in [0.25, 0.3) is 11.1 Å². The summed E-state index contributed by atoms with van der Waals surface area (Å²) in [6.45, 7) is 2.23. The lowest BCUT2D eigenvalue weighted by Gasteiger charge is -2.09. The highest BCUT2D eigenvalue weighted by Gasteiger charge is 2.19. The lowest BCUT2D eigenvalue weighted by molar-refractivity contribution is -0.120. The van der Waals surface area contributed by atoms with E-state index in [1.54, 1.807) is 31.2 Å². The van der Waals surface area contributed by atoms with E-state index in [0.717, 1.165) is 5.56 Å². The summed E-state index contributed by atoms with van der Waals surface area (Å²) in [5, 5.41) is 10.5. The number of benzene rings is 1. The van der Waals surface area contributed by atoms with Crippen LogP contribution in [0.5, 0.6) is 0 Å². The Balaban J connectivity index is 1.46. The second-order valence-corrected chi connectivity index (χ2v) is 6.57. The van der Waals surface area contributed by atoms with Gasteiger partial charge < -0.3 is 14.2 Å². The van der Waals surface area contributed by atoms with Gasteiger partial charge in [0.2, 0.25) is 5.91 Å². The maximum absolute atomic E-state index is 12.8. The minimum Gasteiger partial charge on any atom is -0.459 e. The minimum absolute atomic E-state index is 0.134. The number of carbonyl (C=O) groups is 1. The van der Waals surface area contributed by atoms with Crippen molar-refractivity contribution in [3.63, 3.8) is 0 Å². The molecule has 0 saturated heterocycles. The number of hydrogen-bond donors (Lipinski definition) is 1. The number of nitrogens with one attached hydrogen (secondary N) is 1. The van der Waals surface area contributed by atoms with Crippen molar-refractivity contribution in [3.05, 3.63) is 54.0 Å². The van der Waals surface area contributed by atoms with Gasteiger partial charge in [-0.1, -0.05) is 23.9 Å². The third-order valence-corrected chi connectivity index (χ3v) is 4.35. The molecule has 2 heterocycles. The van der Waals surface area contributed by atoms with Gasteiger partial charge in [0.1, 0.15) is 5.82 Å². The number of aromatic nitrogens is 2. The number of furan rings is 1. The zero-order valence-electron chi connectivity index (χ0n) is 13.4. The molecule has 0 aliphatic heterocycles. The zero-order chi connectivity index (χ0) is 17.6. The standard InChI is InChI=1S/C17H16FN3O3S/c1-11(15(22)19-9-8-12-4-6-13(18)7-5-12)25-17-21-20-16(24-17)14-3-2-10-23-14/h2-7,10-11H,8-9H2,1H3,(H,19,22)/t11-/m0/s1. The topological polar surface area (TPSA) is 81.2 Å². The molecule has 1 atom stereocenters. The van der Waals surface area contributed by atoms with Crippen molar-refractivity contribution in [1.29, 1.82) is 0 Å². The van der Waals surface area contributed by atoms with E-state index < -0.39 is 5.25 Å². The molecule has 3 rings (SSSR count). The van der Waals surface area contributed by atoms with E-state index in [-0.39, 0.29) is 17.6 Å². The van der Waals surface area contributed by atoms with Crippen LogP contribution in [0.2, 0.25) is 0 Å². The van der Waals surface area contributed by atoms with Crippen molar-refractivity contribution < 1.29 is 18.0 Å². The number of nitrogens with zero attached hydrogens (tertiary/aromatic N) is 2. The van der Waals surface area contributed by atoms with Crippen LogP contribution in [0, 0.1) is 5.82 Å². The number of thioether (sulfide) groups is 1. The fraction of sp³-hybridized carbons (Fsp3) is 0.235. The Morgan fingerprint density at radius 3 is 2.80 bits per heavy atom. The van der Waals surface area contributed by atoms with Crippen molar-refractivity contribution in [2.45, 2.75) is 23.8 Å². The highest BCUT2D eigenvalue weighted by molar-refractivity contribution is 8.00. The van der Waals surface area contributed by atoms with Crippen LogP contribution in [-0.2, 0) is 11.2 Å². The molecular formula is C17H16FN3O3S. The molecule has 1 N–H and O–H groups in total. The van der Waals surface area contributed by atoms with Gasteiger partial charge >= 0.3 is 0 Å². The van der Waals surface area contributed by atoms with Crippen LogP contribution in [0.1, 0.15) is 12.5 Å². The van der Waals surface area contributed by atoms with E-state index in [9.17, 15) is 9.18 Å². The first-order chi connectivity index (χ1) is 12.1. The number of halogens is 1. The first-order valence-electron chi connectivity index (χ1n) is 7.68. The Bertz CT molecular complexity index is 818. The van der Waals surface area contributed by atoms with Gasteiger partial charge in [-0.05, 0) is 43.2 Å². The number of amides is 1. The molecule has 3 aromatic rings. The minimum atomic E-state index is -0.391. The molecule has 0 saturated carbocycles. The fourth-order valence-corrected chi connectivity index (χ4v) is 2.79. The second-order valence-electron chi connectivity index (χ2n) is 5.28. The normalized spacial score (nSPS) is 12.1. The molecule has 8 heteroatoms. The van der Waals surface area contributed by atoms with Crippen molar-refractivity contribution in [3.8, 4) is 11.7 Å². The molecule has 0 spiro atoms. The van der Waals surface area contributed by atoms with Crippen LogP contribution in [0.25, 0.3) is 11.7 Å². The maximum Gasteiger partial charge on any atom is 0.284 e. The van der Waals surface area contributed by atoms with E-state index in [4.69, 9.17) is 8.83 Å². The summed E-state index contributed by atoms with van der Waals surface area (Å²) in [4.78, 5) is 12.1. The summed E-state index contributed by atoms with van der Waals surface area (Å²) >= 11 is 1.17. The maximum atomic E-state index is 12.8. The molecule has 25 heavy (non-hydrogen) atoms. The first kappa shape index (κ1) is 17.2. The lowest BCUT2D eigenvalue weighted by atomic mass is 10.1. The fourth-order valence-electron chi connectivity index (χ4n) is 2.09. The van der Waals surface area contributed by atoms with E-state index in [1.807, 2.05) is 0 Å². The predicted octanol–water partition coefficient (Wildman–Crippen LogP) is 3.31. The molecule has 2 aromatic heterocycles. The van der Waals surface area contributed by atoms with Crippen LogP contribution in [0.15, 0.2) is 56.7 Å². The summed E-state index contributed by atoms with van der Waals surface area (Å²) < 4.78 is 23.5. The van der Waals surface area contributed by atoms with Crippen molar-refractivity contribution in [2.24, 2.45) is 0 Å². The Hall–Kier alpha value is -2.61. The van der Waals surface area contributed by atoms with E-state index in [1.165, 1.54) is 30.2 Å². The summed E-state index contributed by atoms with van der Waals surface area (Å²) in [6.07, 6.45) is 2.15. The van der Waals surface area contributed by atoms with Crippen LogP contribution in [0.3, 0.4) is 0 Å². The molecule has 6 nitrogen and oxygen atoms in total. The molecular weight excluding hydrogens is 345 g/mol. The molecule has 0 radical (unpaired) electrons. The molecule has 0 aliphatic rings. The Morgan fingerprint density at radius 1 is 1.28 bits per heavy atom. The van der Waals surface area contributed by atoms with Crippen molar-refractivity contribution in [2.75, 3.05) is 6.54 Å². The smallest absolute Gasteiger partial charge is 0.284 e. The monoisotopic (exact) mass is 361 g/mol. The Morgan fingerprint density at radius 2 is 2.08 bits per heavy atom. The molecule has 0 fully saturated rings. The Kier molecular flexibility index (Phi) is 5.49. The third-order valence-electron chi connectivity index (χ3n) is 3.41. The van der Waals surface area contributed by atoms with Crippen molar-refractivity contribution >= 4 is 17.7 Å². The summed E-state index contributed by atoms with van der Waals surface area (Å²) in [5.41, 5.74) is 0.960. The number of carbonyl (C=O) groups excluding carboxylic acids is 1. The average molecular weight is 361 g/mol. The SMILES string of the molecule is C[C@H](Sc1nnc(-c2ccco2)o1)C(=O)NCCc1ccc(F)cc1.